The SMILES string of the molecule is CC(C)Oc1ccc2nc(N(C)C)c(C(=O)O)cc2c1. The van der Waals surface area contributed by atoms with Crippen LogP contribution in [0.4, 0.5) is 5.82 Å². The zero-order chi connectivity index (χ0) is 14.9. The van der Waals surface area contributed by atoms with Gasteiger partial charge in [0.15, 0.2) is 0 Å². The van der Waals surface area contributed by atoms with E-state index in [-0.39, 0.29) is 11.7 Å². The Morgan fingerprint density at radius 1 is 1.30 bits per heavy atom. The van der Waals surface area contributed by atoms with Gasteiger partial charge in [0.1, 0.15) is 17.1 Å². The van der Waals surface area contributed by atoms with Crippen LogP contribution in [0.5, 0.6) is 5.75 Å². The number of hydrogen-bond donors (Lipinski definition) is 1. The smallest absolute Gasteiger partial charge is 0.339 e. The fourth-order valence-corrected chi connectivity index (χ4v) is 1.99. The number of rotatable bonds is 4. The van der Waals surface area contributed by atoms with Crippen molar-refractivity contribution < 1.29 is 14.6 Å². The van der Waals surface area contributed by atoms with Crippen molar-refractivity contribution in [3.63, 3.8) is 0 Å². The molecule has 0 saturated carbocycles. The molecule has 0 atom stereocenters. The number of nitrogens with zero attached hydrogens (tertiary/aromatic N) is 2. The number of carboxylic acids is 1. The van der Waals surface area contributed by atoms with Gasteiger partial charge in [0.2, 0.25) is 0 Å². The molecule has 0 saturated heterocycles. The van der Waals surface area contributed by atoms with Crippen LogP contribution < -0.4 is 9.64 Å². The average molecular weight is 274 g/mol. The molecule has 1 aromatic carbocycles. The Morgan fingerprint density at radius 3 is 2.55 bits per heavy atom. The van der Waals surface area contributed by atoms with E-state index in [9.17, 15) is 9.90 Å². The third-order valence-corrected chi connectivity index (χ3v) is 2.79. The molecule has 20 heavy (non-hydrogen) atoms. The number of hydrogen-bond acceptors (Lipinski definition) is 4. The molecule has 0 radical (unpaired) electrons. The predicted octanol–water partition coefficient (Wildman–Crippen LogP) is 2.79. The molecule has 0 bridgehead atoms. The van der Waals surface area contributed by atoms with Crippen molar-refractivity contribution in [1.82, 2.24) is 4.98 Å². The number of ether oxygens (including phenoxy) is 1. The van der Waals surface area contributed by atoms with E-state index in [1.165, 1.54) is 0 Å². The summed E-state index contributed by atoms with van der Waals surface area (Å²) in [6, 6.07) is 7.13. The van der Waals surface area contributed by atoms with Crippen molar-refractivity contribution in [2.24, 2.45) is 0 Å². The van der Waals surface area contributed by atoms with Crippen LogP contribution in [0.25, 0.3) is 10.9 Å². The van der Waals surface area contributed by atoms with Gasteiger partial charge in [-0.05, 0) is 38.1 Å². The Kier molecular flexibility index (Phi) is 3.79. The second-order valence-electron chi connectivity index (χ2n) is 5.08. The summed E-state index contributed by atoms with van der Waals surface area (Å²) in [6.45, 7) is 3.89. The molecular weight excluding hydrogens is 256 g/mol. The highest BCUT2D eigenvalue weighted by Crippen LogP contribution is 2.26. The van der Waals surface area contributed by atoms with Crippen LogP contribution in [0, 0.1) is 0 Å². The minimum absolute atomic E-state index is 0.0698. The Morgan fingerprint density at radius 2 is 2.00 bits per heavy atom. The molecule has 1 heterocycles. The zero-order valence-electron chi connectivity index (χ0n) is 12.0. The lowest BCUT2D eigenvalue weighted by Crippen LogP contribution is -2.15. The van der Waals surface area contributed by atoms with Gasteiger partial charge in [-0.2, -0.15) is 0 Å². The number of anilines is 1. The summed E-state index contributed by atoms with van der Waals surface area (Å²) in [5.74, 6) is 0.170. The number of pyridine rings is 1. The molecule has 0 spiro atoms. The van der Waals surface area contributed by atoms with Gasteiger partial charge in [-0.1, -0.05) is 0 Å². The Hall–Kier alpha value is -2.30. The minimum atomic E-state index is -0.988. The molecule has 1 aromatic heterocycles. The number of aromatic nitrogens is 1. The van der Waals surface area contributed by atoms with Crippen molar-refractivity contribution >= 4 is 22.7 Å². The maximum absolute atomic E-state index is 11.3. The van der Waals surface area contributed by atoms with Crippen LogP contribution in [-0.2, 0) is 0 Å². The lowest BCUT2D eigenvalue weighted by atomic mass is 10.1. The van der Waals surface area contributed by atoms with Crippen molar-refractivity contribution in [3.05, 3.63) is 29.8 Å². The first-order valence-corrected chi connectivity index (χ1v) is 6.40. The maximum atomic E-state index is 11.3. The Balaban J connectivity index is 2.59. The minimum Gasteiger partial charge on any atom is -0.491 e. The summed E-state index contributed by atoms with van der Waals surface area (Å²) >= 11 is 0. The van der Waals surface area contributed by atoms with E-state index in [0.29, 0.717) is 11.6 Å². The molecule has 0 amide bonds. The molecule has 2 rings (SSSR count). The molecule has 1 N–H and O–H groups in total. The first-order chi connectivity index (χ1) is 9.38. The van der Waals surface area contributed by atoms with E-state index >= 15 is 0 Å². The molecule has 5 nitrogen and oxygen atoms in total. The van der Waals surface area contributed by atoms with E-state index in [1.807, 2.05) is 32.0 Å². The second kappa shape index (κ2) is 5.36. The van der Waals surface area contributed by atoms with Gasteiger partial charge in [-0.25, -0.2) is 9.78 Å². The summed E-state index contributed by atoms with van der Waals surface area (Å²) in [7, 11) is 3.55. The molecule has 106 valence electrons. The first-order valence-electron chi connectivity index (χ1n) is 6.40. The van der Waals surface area contributed by atoms with Gasteiger partial charge in [-0.3, -0.25) is 0 Å². The summed E-state index contributed by atoms with van der Waals surface area (Å²) in [4.78, 5) is 17.4. The molecule has 0 fully saturated rings. The Bertz CT molecular complexity index is 651. The van der Waals surface area contributed by atoms with Crippen LogP contribution in [0.3, 0.4) is 0 Å². The lowest BCUT2D eigenvalue weighted by Gasteiger charge is -2.16. The molecule has 0 aliphatic rings. The topological polar surface area (TPSA) is 62.7 Å². The van der Waals surface area contributed by atoms with E-state index in [2.05, 4.69) is 4.98 Å². The molecule has 0 aliphatic heterocycles. The van der Waals surface area contributed by atoms with E-state index in [4.69, 9.17) is 4.74 Å². The zero-order valence-corrected chi connectivity index (χ0v) is 12.0. The molecule has 0 aliphatic carbocycles. The number of carboxylic acid groups (broad SMARTS) is 1. The molecular formula is C15H18N2O3. The Labute approximate surface area is 117 Å². The highest BCUT2D eigenvalue weighted by atomic mass is 16.5. The second-order valence-corrected chi connectivity index (χ2v) is 5.08. The van der Waals surface area contributed by atoms with Crippen molar-refractivity contribution in [2.75, 3.05) is 19.0 Å². The summed E-state index contributed by atoms with van der Waals surface area (Å²) in [5, 5.41) is 10.0. The number of benzene rings is 1. The maximum Gasteiger partial charge on any atom is 0.339 e. The van der Waals surface area contributed by atoms with Gasteiger partial charge in [0.05, 0.1) is 11.6 Å². The van der Waals surface area contributed by atoms with Crippen LogP contribution >= 0.6 is 0 Å². The van der Waals surface area contributed by atoms with Crippen molar-refractivity contribution in [3.8, 4) is 5.75 Å². The third-order valence-electron chi connectivity index (χ3n) is 2.79. The normalized spacial score (nSPS) is 10.8. The molecule has 0 unspecified atom stereocenters. The predicted molar refractivity (Wildman–Crippen MR) is 78.8 cm³/mol. The summed E-state index contributed by atoms with van der Waals surface area (Å²) in [6.07, 6.45) is 0.0698. The lowest BCUT2D eigenvalue weighted by molar-refractivity contribution is 0.0697. The highest BCUT2D eigenvalue weighted by Gasteiger charge is 2.15. The van der Waals surface area contributed by atoms with Gasteiger partial charge in [-0.15, -0.1) is 0 Å². The van der Waals surface area contributed by atoms with Crippen LogP contribution in [-0.4, -0.2) is 36.3 Å². The standard InChI is InChI=1S/C15H18N2O3/c1-9(2)20-11-5-6-13-10(7-11)8-12(15(18)19)14(16-13)17(3)4/h5-9H,1-4H3,(H,18,19). The van der Waals surface area contributed by atoms with Gasteiger partial charge in [0, 0.05) is 19.5 Å². The van der Waals surface area contributed by atoms with Crippen LogP contribution in [0.1, 0.15) is 24.2 Å². The van der Waals surface area contributed by atoms with Crippen molar-refractivity contribution in [2.45, 2.75) is 20.0 Å². The largest absolute Gasteiger partial charge is 0.491 e. The first kappa shape index (κ1) is 14.1. The average Bonchev–Trinajstić information content (AvgIpc) is 2.36. The monoisotopic (exact) mass is 274 g/mol. The summed E-state index contributed by atoms with van der Waals surface area (Å²) in [5.41, 5.74) is 0.930. The van der Waals surface area contributed by atoms with E-state index < -0.39 is 5.97 Å². The third kappa shape index (κ3) is 2.82. The van der Waals surface area contributed by atoms with Crippen LogP contribution in [0.2, 0.25) is 0 Å². The van der Waals surface area contributed by atoms with Crippen molar-refractivity contribution in [1.29, 1.82) is 0 Å². The molecule has 2 aromatic rings. The van der Waals surface area contributed by atoms with Gasteiger partial charge < -0.3 is 14.7 Å². The van der Waals surface area contributed by atoms with Gasteiger partial charge in [0.25, 0.3) is 0 Å². The van der Waals surface area contributed by atoms with Crippen LogP contribution in [0.15, 0.2) is 24.3 Å². The fourth-order valence-electron chi connectivity index (χ4n) is 1.99. The summed E-state index contributed by atoms with van der Waals surface area (Å²) < 4.78 is 5.61. The quantitative estimate of drug-likeness (QED) is 0.928. The number of aromatic carboxylic acids is 1. The number of carbonyl (C=O) groups is 1. The number of fused-ring (bicyclic) bond motifs is 1. The highest BCUT2D eigenvalue weighted by molar-refractivity contribution is 5.98. The fraction of sp³-hybridized carbons (Fsp3) is 0.333. The van der Waals surface area contributed by atoms with E-state index in [1.54, 1.807) is 25.1 Å². The van der Waals surface area contributed by atoms with E-state index in [0.717, 1.165) is 10.9 Å². The molecule has 5 heteroatoms. The van der Waals surface area contributed by atoms with Gasteiger partial charge >= 0.3 is 5.97 Å².